The second-order valence-corrected chi connectivity index (χ2v) is 9.04. The molecule has 146 valence electrons. The van der Waals surface area contributed by atoms with Crippen LogP contribution in [0.3, 0.4) is 0 Å². The quantitative estimate of drug-likeness (QED) is 0.616. The Morgan fingerprint density at radius 3 is 2.46 bits per heavy atom. The van der Waals surface area contributed by atoms with Crippen molar-refractivity contribution in [2.75, 3.05) is 7.05 Å². The maximum Gasteiger partial charge on any atom is 0.263 e. The number of hydrogen-bond acceptors (Lipinski definition) is 6. The molecule has 0 fully saturated rings. The highest BCUT2D eigenvalue weighted by Gasteiger charge is 2.16. The molecule has 0 aliphatic heterocycles. The summed E-state index contributed by atoms with van der Waals surface area (Å²) in [5.74, 6) is -0.272. The number of carbonyl (C=O) groups is 1. The zero-order chi connectivity index (χ0) is 20.1. The predicted octanol–water partition coefficient (Wildman–Crippen LogP) is 2.49. The molecule has 1 amide bonds. The van der Waals surface area contributed by atoms with Crippen LogP contribution in [0.15, 0.2) is 48.7 Å². The van der Waals surface area contributed by atoms with Crippen molar-refractivity contribution in [3.63, 3.8) is 0 Å². The fourth-order valence-electron chi connectivity index (χ4n) is 2.51. The molecule has 0 aliphatic rings. The lowest BCUT2D eigenvalue weighted by Gasteiger charge is -2.06. The molecule has 2 aromatic heterocycles. The van der Waals surface area contributed by atoms with Gasteiger partial charge in [-0.3, -0.25) is 9.78 Å². The van der Waals surface area contributed by atoms with Gasteiger partial charge in [-0.2, -0.15) is 0 Å². The third-order valence-electron chi connectivity index (χ3n) is 4.03. The molecule has 3 rings (SSSR count). The molecule has 2 heterocycles. The van der Waals surface area contributed by atoms with Gasteiger partial charge in [0.2, 0.25) is 10.0 Å². The Kier molecular flexibility index (Phi) is 6.18. The smallest absolute Gasteiger partial charge is 0.263 e. The van der Waals surface area contributed by atoms with Crippen molar-refractivity contribution in [1.82, 2.24) is 20.0 Å². The first-order valence-corrected chi connectivity index (χ1v) is 11.0. The van der Waals surface area contributed by atoms with Crippen LogP contribution >= 0.6 is 11.3 Å². The van der Waals surface area contributed by atoms with E-state index in [2.05, 4.69) is 20.0 Å². The normalized spacial score (nSPS) is 11.4. The summed E-state index contributed by atoms with van der Waals surface area (Å²) in [7, 11) is -1.91. The minimum atomic E-state index is -3.30. The molecule has 0 saturated heterocycles. The second-order valence-electron chi connectivity index (χ2n) is 6.11. The first-order chi connectivity index (χ1) is 13.4. The third-order valence-corrected chi connectivity index (χ3v) is 6.54. The molecule has 28 heavy (non-hydrogen) atoms. The monoisotopic (exact) mass is 416 g/mol. The Morgan fingerprint density at radius 2 is 1.82 bits per heavy atom. The number of aryl methyl sites for hydroxylation is 1. The molecule has 0 unspecified atom stereocenters. The maximum absolute atomic E-state index is 12.5. The van der Waals surface area contributed by atoms with Gasteiger partial charge in [0.1, 0.15) is 9.88 Å². The number of nitrogens with zero attached hydrogens (tertiary/aromatic N) is 2. The fraction of sp³-hybridized carbons (Fsp3) is 0.211. The zero-order valence-electron chi connectivity index (χ0n) is 15.5. The van der Waals surface area contributed by atoms with Crippen LogP contribution in [0.25, 0.3) is 10.7 Å². The molecule has 0 spiro atoms. The minimum absolute atomic E-state index is 0.0769. The molecule has 7 nitrogen and oxygen atoms in total. The van der Waals surface area contributed by atoms with Gasteiger partial charge in [-0.25, -0.2) is 18.1 Å². The van der Waals surface area contributed by atoms with E-state index in [0.717, 1.165) is 11.3 Å². The SMILES string of the molecule is CNS(=O)(=O)Cc1ccc(CNC(=O)c2sc(-c3ccccn3)nc2C)cc1. The van der Waals surface area contributed by atoms with Crippen LogP contribution < -0.4 is 10.0 Å². The number of aromatic nitrogens is 2. The van der Waals surface area contributed by atoms with Gasteiger partial charge in [0.25, 0.3) is 5.91 Å². The van der Waals surface area contributed by atoms with Crippen molar-refractivity contribution in [2.45, 2.75) is 19.2 Å². The number of carbonyl (C=O) groups excluding carboxylic acids is 1. The fourth-order valence-corrected chi connectivity index (χ4v) is 4.25. The van der Waals surface area contributed by atoms with E-state index in [4.69, 9.17) is 0 Å². The predicted molar refractivity (Wildman–Crippen MR) is 109 cm³/mol. The molecule has 2 N–H and O–H groups in total. The highest BCUT2D eigenvalue weighted by atomic mass is 32.2. The maximum atomic E-state index is 12.5. The lowest BCUT2D eigenvalue weighted by Crippen LogP contribution is -2.22. The summed E-state index contributed by atoms with van der Waals surface area (Å²) in [5.41, 5.74) is 2.96. The van der Waals surface area contributed by atoms with Crippen molar-refractivity contribution in [1.29, 1.82) is 0 Å². The standard InChI is InChI=1S/C19H20N4O3S2/c1-13-17(27-19(23-13)16-5-3-4-10-21-16)18(24)22-11-14-6-8-15(9-7-14)12-28(25,26)20-2/h3-10,20H,11-12H2,1-2H3,(H,22,24). The van der Waals surface area contributed by atoms with Gasteiger partial charge in [-0.05, 0) is 37.2 Å². The Morgan fingerprint density at radius 1 is 1.11 bits per heavy atom. The van der Waals surface area contributed by atoms with E-state index in [1.807, 2.05) is 18.2 Å². The number of nitrogens with one attached hydrogen (secondary N) is 2. The van der Waals surface area contributed by atoms with E-state index < -0.39 is 10.0 Å². The number of rotatable bonds is 7. The van der Waals surface area contributed by atoms with Crippen molar-refractivity contribution >= 4 is 27.3 Å². The molecule has 3 aromatic rings. The van der Waals surface area contributed by atoms with Crippen LogP contribution in [0.5, 0.6) is 0 Å². The van der Waals surface area contributed by atoms with E-state index >= 15 is 0 Å². The Labute approximate surface area is 167 Å². The van der Waals surface area contributed by atoms with Crippen LogP contribution in [0.2, 0.25) is 0 Å². The second kappa shape index (κ2) is 8.59. The zero-order valence-corrected chi connectivity index (χ0v) is 17.1. The number of hydrogen-bond donors (Lipinski definition) is 2. The molecule has 1 aromatic carbocycles. The number of sulfonamides is 1. The highest BCUT2D eigenvalue weighted by Crippen LogP contribution is 2.26. The summed E-state index contributed by atoms with van der Waals surface area (Å²) in [6.45, 7) is 2.14. The van der Waals surface area contributed by atoms with Gasteiger partial charge in [-0.15, -0.1) is 11.3 Å². The summed E-state index contributed by atoms with van der Waals surface area (Å²) in [4.78, 5) is 21.8. The minimum Gasteiger partial charge on any atom is -0.347 e. The van der Waals surface area contributed by atoms with Gasteiger partial charge in [0.15, 0.2) is 0 Å². The number of pyridine rings is 1. The Hall–Kier alpha value is -2.62. The highest BCUT2D eigenvalue weighted by molar-refractivity contribution is 7.88. The molecule has 0 saturated carbocycles. The molecule has 0 aliphatic carbocycles. The number of amides is 1. The first kappa shape index (κ1) is 20.1. The summed E-state index contributed by atoms with van der Waals surface area (Å²) in [5, 5.41) is 3.59. The van der Waals surface area contributed by atoms with Crippen molar-refractivity contribution in [3.05, 3.63) is 70.4 Å². The average Bonchev–Trinajstić information content (AvgIpc) is 3.09. The molecule has 0 radical (unpaired) electrons. The molecule has 0 atom stereocenters. The van der Waals surface area contributed by atoms with E-state index in [1.165, 1.54) is 18.4 Å². The van der Waals surface area contributed by atoms with Crippen molar-refractivity contribution < 1.29 is 13.2 Å². The topological polar surface area (TPSA) is 101 Å². The van der Waals surface area contributed by atoms with Gasteiger partial charge >= 0.3 is 0 Å². The van der Waals surface area contributed by atoms with Crippen LogP contribution in [-0.4, -0.2) is 31.3 Å². The van der Waals surface area contributed by atoms with Crippen LogP contribution in [0, 0.1) is 6.92 Å². The van der Waals surface area contributed by atoms with Gasteiger partial charge in [0, 0.05) is 12.7 Å². The number of benzene rings is 1. The van der Waals surface area contributed by atoms with Gasteiger partial charge in [0.05, 0.1) is 17.1 Å². The lowest BCUT2D eigenvalue weighted by molar-refractivity contribution is 0.0954. The van der Waals surface area contributed by atoms with Crippen molar-refractivity contribution in [3.8, 4) is 10.7 Å². The first-order valence-electron chi connectivity index (χ1n) is 8.54. The van der Waals surface area contributed by atoms with Crippen molar-refractivity contribution in [2.24, 2.45) is 0 Å². The van der Waals surface area contributed by atoms with Gasteiger partial charge < -0.3 is 5.32 Å². The Bertz CT molecular complexity index is 1060. The van der Waals surface area contributed by atoms with Gasteiger partial charge in [-0.1, -0.05) is 30.3 Å². The van der Waals surface area contributed by atoms with Crippen LogP contribution in [0.4, 0.5) is 0 Å². The van der Waals surface area contributed by atoms with E-state index in [-0.39, 0.29) is 11.7 Å². The lowest BCUT2D eigenvalue weighted by atomic mass is 10.1. The summed E-state index contributed by atoms with van der Waals surface area (Å²) in [6, 6.07) is 12.7. The number of thiazole rings is 1. The summed E-state index contributed by atoms with van der Waals surface area (Å²) < 4.78 is 25.5. The Balaban J connectivity index is 1.64. The largest absolute Gasteiger partial charge is 0.347 e. The van der Waals surface area contributed by atoms with Crippen LogP contribution in [-0.2, 0) is 22.3 Å². The molecule has 9 heteroatoms. The van der Waals surface area contributed by atoms with E-state index in [9.17, 15) is 13.2 Å². The third kappa shape index (κ3) is 5.00. The van der Waals surface area contributed by atoms with Crippen LogP contribution in [0.1, 0.15) is 26.5 Å². The summed E-state index contributed by atoms with van der Waals surface area (Å²) >= 11 is 1.31. The molecular weight excluding hydrogens is 396 g/mol. The molecular formula is C19H20N4O3S2. The van der Waals surface area contributed by atoms with E-state index in [0.29, 0.717) is 27.7 Å². The average molecular weight is 417 g/mol. The molecule has 0 bridgehead atoms. The van der Waals surface area contributed by atoms with E-state index in [1.54, 1.807) is 37.4 Å². The summed E-state index contributed by atoms with van der Waals surface area (Å²) in [6.07, 6.45) is 1.69.